The van der Waals surface area contributed by atoms with Crippen molar-refractivity contribution in [2.75, 3.05) is 27.2 Å². The average molecular weight is 417 g/mol. The van der Waals surface area contributed by atoms with Gasteiger partial charge in [0.25, 0.3) is 0 Å². The molecule has 2 atom stereocenters. The first-order valence-electron chi connectivity index (χ1n) is 10.0. The van der Waals surface area contributed by atoms with Crippen molar-refractivity contribution >= 4 is 15.9 Å². The molecular formula is C22H30N3O3S+. The number of aryl methyl sites for hydroxylation is 1. The number of hydrogen-bond donors (Lipinski definition) is 2. The number of nitrogens with one attached hydrogen (secondary N) is 2. The van der Waals surface area contributed by atoms with E-state index in [0.717, 1.165) is 11.1 Å². The number of sulfonamides is 1. The second kappa shape index (κ2) is 9.07. The minimum Gasteiger partial charge on any atom is -0.348 e. The molecule has 0 spiro atoms. The van der Waals surface area contributed by atoms with Crippen molar-refractivity contribution in [1.82, 2.24) is 9.62 Å². The molecule has 1 aliphatic heterocycles. The molecule has 1 heterocycles. The maximum absolute atomic E-state index is 13.1. The van der Waals surface area contributed by atoms with Crippen LogP contribution in [0.2, 0.25) is 0 Å². The quantitative estimate of drug-likeness (QED) is 0.711. The van der Waals surface area contributed by atoms with Crippen LogP contribution >= 0.6 is 0 Å². The molecule has 1 aliphatic rings. The lowest BCUT2D eigenvalue weighted by Gasteiger charge is -2.26. The summed E-state index contributed by atoms with van der Waals surface area (Å²) in [5.74, 6) is -0.222. The smallest absolute Gasteiger partial charge is 0.243 e. The van der Waals surface area contributed by atoms with Gasteiger partial charge in [0.15, 0.2) is 0 Å². The van der Waals surface area contributed by atoms with Gasteiger partial charge in [0.1, 0.15) is 12.1 Å². The van der Waals surface area contributed by atoms with Gasteiger partial charge in [-0.05, 0) is 31.9 Å². The lowest BCUT2D eigenvalue weighted by Crippen LogP contribution is -3.07. The van der Waals surface area contributed by atoms with Crippen LogP contribution in [0.15, 0.2) is 59.5 Å². The normalized spacial score (nSPS) is 18.7. The maximum Gasteiger partial charge on any atom is 0.243 e. The molecule has 0 bridgehead atoms. The summed E-state index contributed by atoms with van der Waals surface area (Å²) in [5, 5.41) is 3.00. The van der Waals surface area contributed by atoms with Crippen LogP contribution in [-0.4, -0.2) is 51.9 Å². The molecule has 0 saturated carbocycles. The third-order valence-corrected chi connectivity index (χ3v) is 7.44. The third-order valence-electron chi connectivity index (χ3n) is 5.51. The van der Waals surface area contributed by atoms with Crippen molar-refractivity contribution in [3.05, 3.63) is 65.7 Å². The Bertz CT molecular complexity index is 928. The molecule has 0 radical (unpaired) electrons. The maximum atomic E-state index is 13.1. The SMILES string of the molecule is Cc1ccc(S(=O)(=O)N2CCC[C@@H]2C(=O)NC[C@@H](c2ccccc2)[NH+](C)C)cc1. The number of amides is 1. The number of quaternary nitrogens is 1. The zero-order valence-corrected chi connectivity index (χ0v) is 18.1. The molecule has 2 aromatic rings. The summed E-state index contributed by atoms with van der Waals surface area (Å²) in [4.78, 5) is 14.4. The van der Waals surface area contributed by atoms with Crippen LogP contribution in [0.25, 0.3) is 0 Å². The highest BCUT2D eigenvalue weighted by molar-refractivity contribution is 7.89. The Morgan fingerprint density at radius 1 is 1.14 bits per heavy atom. The monoisotopic (exact) mass is 416 g/mol. The Hall–Kier alpha value is -2.22. The first-order valence-corrected chi connectivity index (χ1v) is 11.5. The summed E-state index contributed by atoms with van der Waals surface area (Å²) in [6.45, 7) is 2.74. The van der Waals surface area contributed by atoms with E-state index in [-0.39, 0.29) is 16.8 Å². The molecule has 3 rings (SSSR count). The van der Waals surface area contributed by atoms with E-state index in [9.17, 15) is 13.2 Å². The largest absolute Gasteiger partial charge is 0.348 e. The Kier molecular flexibility index (Phi) is 6.72. The van der Waals surface area contributed by atoms with Crippen molar-refractivity contribution in [3.8, 4) is 0 Å². The average Bonchev–Trinajstić information content (AvgIpc) is 3.20. The fourth-order valence-corrected chi connectivity index (χ4v) is 5.45. The first-order chi connectivity index (χ1) is 13.8. The summed E-state index contributed by atoms with van der Waals surface area (Å²) in [7, 11) is 0.409. The predicted octanol–water partition coefficient (Wildman–Crippen LogP) is 1.15. The molecular weight excluding hydrogens is 386 g/mol. The zero-order chi connectivity index (χ0) is 21.0. The molecule has 0 aromatic heterocycles. The summed E-state index contributed by atoms with van der Waals surface area (Å²) in [6, 6.07) is 16.3. The number of nitrogens with zero attached hydrogens (tertiary/aromatic N) is 1. The fourth-order valence-electron chi connectivity index (χ4n) is 3.80. The molecule has 1 amide bonds. The molecule has 156 valence electrons. The Morgan fingerprint density at radius 3 is 2.41 bits per heavy atom. The standard InChI is InChI=1S/C22H29N3O3S/c1-17-11-13-19(14-12-17)29(27,28)25-15-7-10-20(25)22(26)23-16-21(24(2)3)18-8-5-4-6-9-18/h4-6,8-9,11-14,20-21H,7,10,15-16H2,1-3H3,(H,23,26)/p+1/t20-,21+/m1/s1. The van der Waals surface area contributed by atoms with E-state index < -0.39 is 16.1 Å². The molecule has 7 heteroatoms. The summed E-state index contributed by atoms with van der Waals surface area (Å²) in [6.07, 6.45) is 1.23. The number of benzene rings is 2. The van der Waals surface area contributed by atoms with E-state index in [1.165, 1.54) is 9.21 Å². The van der Waals surface area contributed by atoms with Crippen LogP contribution < -0.4 is 10.2 Å². The van der Waals surface area contributed by atoms with Gasteiger partial charge in [0, 0.05) is 12.1 Å². The minimum absolute atomic E-state index is 0.101. The van der Waals surface area contributed by atoms with Crippen molar-refractivity contribution in [2.24, 2.45) is 0 Å². The van der Waals surface area contributed by atoms with Crippen LogP contribution in [0.3, 0.4) is 0 Å². The van der Waals surface area contributed by atoms with E-state index in [2.05, 4.69) is 5.32 Å². The summed E-state index contributed by atoms with van der Waals surface area (Å²) >= 11 is 0. The highest BCUT2D eigenvalue weighted by atomic mass is 32.2. The lowest BCUT2D eigenvalue weighted by molar-refractivity contribution is -0.890. The molecule has 2 N–H and O–H groups in total. The number of rotatable bonds is 7. The topological polar surface area (TPSA) is 70.9 Å². The van der Waals surface area contributed by atoms with E-state index in [1.807, 2.05) is 51.4 Å². The zero-order valence-electron chi connectivity index (χ0n) is 17.3. The van der Waals surface area contributed by atoms with Gasteiger partial charge < -0.3 is 10.2 Å². The number of carbonyl (C=O) groups excluding carboxylic acids is 1. The van der Waals surface area contributed by atoms with Gasteiger partial charge in [-0.1, -0.05) is 48.0 Å². The van der Waals surface area contributed by atoms with Crippen molar-refractivity contribution in [2.45, 2.75) is 36.7 Å². The van der Waals surface area contributed by atoms with E-state index in [4.69, 9.17) is 0 Å². The third kappa shape index (κ3) is 4.86. The Balaban J connectivity index is 1.72. The van der Waals surface area contributed by atoms with Crippen LogP contribution in [0, 0.1) is 6.92 Å². The van der Waals surface area contributed by atoms with Crippen LogP contribution in [-0.2, 0) is 14.8 Å². The highest BCUT2D eigenvalue weighted by Gasteiger charge is 2.39. The van der Waals surface area contributed by atoms with Gasteiger partial charge in [0.05, 0.1) is 25.5 Å². The second-order valence-electron chi connectivity index (χ2n) is 7.87. The molecule has 1 fully saturated rings. The Labute approximate surface area is 173 Å². The van der Waals surface area contributed by atoms with E-state index in [0.29, 0.717) is 25.9 Å². The van der Waals surface area contributed by atoms with Crippen LogP contribution in [0.1, 0.15) is 30.0 Å². The molecule has 0 aliphatic carbocycles. The Morgan fingerprint density at radius 2 is 1.79 bits per heavy atom. The van der Waals surface area contributed by atoms with Gasteiger partial charge in [-0.25, -0.2) is 8.42 Å². The molecule has 1 saturated heterocycles. The predicted molar refractivity (Wildman–Crippen MR) is 113 cm³/mol. The van der Waals surface area contributed by atoms with Gasteiger partial charge in [-0.3, -0.25) is 4.79 Å². The molecule has 2 aromatic carbocycles. The fraction of sp³-hybridized carbons (Fsp3) is 0.409. The van der Waals surface area contributed by atoms with Crippen molar-refractivity contribution < 1.29 is 18.1 Å². The second-order valence-corrected chi connectivity index (χ2v) is 9.76. The van der Waals surface area contributed by atoms with Crippen LogP contribution in [0.5, 0.6) is 0 Å². The van der Waals surface area contributed by atoms with Crippen molar-refractivity contribution in [1.29, 1.82) is 0 Å². The number of likely N-dealkylation sites (N-methyl/N-ethyl adjacent to an activating group) is 1. The minimum atomic E-state index is -3.69. The number of hydrogen-bond acceptors (Lipinski definition) is 3. The van der Waals surface area contributed by atoms with Crippen molar-refractivity contribution in [3.63, 3.8) is 0 Å². The van der Waals surface area contributed by atoms with Gasteiger partial charge in [0.2, 0.25) is 15.9 Å². The lowest BCUT2D eigenvalue weighted by atomic mass is 10.1. The van der Waals surface area contributed by atoms with Gasteiger partial charge in [-0.15, -0.1) is 0 Å². The van der Waals surface area contributed by atoms with Crippen LogP contribution in [0.4, 0.5) is 0 Å². The number of carbonyl (C=O) groups is 1. The van der Waals surface area contributed by atoms with Gasteiger partial charge in [-0.2, -0.15) is 4.31 Å². The van der Waals surface area contributed by atoms with E-state index >= 15 is 0 Å². The summed E-state index contributed by atoms with van der Waals surface area (Å²) < 4.78 is 27.5. The summed E-state index contributed by atoms with van der Waals surface area (Å²) in [5.41, 5.74) is 2.14. The van der Waals surface area contributed by atoms with Gasteiger partial charge >= 0.3 is 0 Å². The highest BCUT2D eigenvalue weighted by Crippen LogP contribution is 2.26. The van der Waals surface area contributed by atoms with E-state index in [1.54, 1.807) is 24.3 Å². The molecule has 6 nitrogen and oxygen atoms in total. The molecule has 0 unspecified atom stereocenters. The molecule has 29 heavy (non-hydrogen) atoms. The first kappa shape index (κ1) is 21.5.